The van der Waals surface area contributed by atoms with Crippen molar-refractivity contribution < 1.29 is 9.53 Å². The van der Waals surface area contributed by atoms with Gasteiger partial charge in [0.05, 0.1) is 11.6 Å². The number of likely N-dealkylation sites (tertiary alicyclic amines) is 1. The van der Waals surface area contributed by atoms with Gasteiger partial charge in [0.2, 0.25) is 0 Å². The van der Waals surface area contributed by atoms with Crippen molar-refractivity contribution in [1.82, 2.24) is 9.88 Å². The van der Waals surface area contributed by atoms with Crippen LogP contribution in [0.3, 0.4) is 0 Å². The van der Waals surface area contributed by atoms with Crippen LogP contribution in [0.4, 0.5) is 4.79 Å². The molecule has 1 aliphatic rings. The molecule has 0 aliphatic carbocycles. The van der Waals surface area contributed by atoms with Gasteiger partial charge in [-0.05, 0) is 45.7 Å². The standard InChI is InChI=1S/C16H21N3O2/c1-16(2,3)21-15(20)19-8-5-13(6-9-19)14-10-12(11-17)4-7-18-14/h4,7,10,13H,5-6,8-9H2,1-3H3. The molecule has 1 fully saturated rings. The van der Waals surface area contributed by atoms with Gasteiger partial charge in [-0.15, -0.1) is 0 Å². The predicted octanol–water partition coefficient (Wildman–Crippen LogP) is 3.07. The van der Waals surface area contributed by atoms with E-state index in [9.17, 15) is 4.79 Å². The normalized spacial score (nSPS) is 16.4. The quantitative estimate of drug-likeness (QED) is 0.796. The third-order valence-corrected chi connectivity index (χ3v) is 3.48. The number of aromatic nitrogens is 1. The molecule has 5 heteroatoms. The first kappa shape index (κ1) is 15.3. The lowest BCUT2D eigenvalue weighted by atomic mass is 9.92. The van der Waals surface area contributed by atoms with Crippen LogP contribution in [-0.4, -0.2) is 34.7 Å². The van der Waals surface area contributed by atoms with Crippen molar-refractivity contribution in [3.8, 4) is 6.07 Å². The molecule has 1 aromatic heterocycles. The lowest BCUT2D eigenvalue weighted by Gasteiger charge is -2.33. The first-order valence-electron chi connectivity index (χ1n) is 7.23. The number of amides is 1. The second kappa shape index (κ2) is 6.13. The molecule has 0 atom stereocenters. The van der Waals surface area contributed by atoms with Crippen LogP contribution in [-0.2, 0) is 4.74 Å². The van der Waals surface area contributed by atoms with Crippen molar-refractivity contribution in [3.05, 3.63) is 29.6 Å². The van der Waals surface area contributed by atoms with Gasteiger partial charge in [-0.25, -0.2) is 4.79 Å². The largest absolute Gasteiger partial charge is 0.444 e. The van der Waals surface area contributed by atoms with E-state index in [2.05, 4.69) is 11.1 Å². The van der Waals surface area contributed by atoms with Crippen molar-refractivity contribution in [2.45, 2.75) is 45.1 Å². The third-order valence-electron chi connectivity index (χ3n) is 3.48. The fourth-order valence-corrected chi connectivity index (χ4v) is 2.43. The van der Waals surface area contributed by atoms with Crippen LogP contribution in [0.25, 0.3) is 0 Å². The molecule has 0 radical (unpaired) electrons. The molecule has 1 amide bonds. The fourth-order valence-electron chi connectivity index (χ4n) is 2.43. The molecule has 0 saturated carbocycles. The molecule has 1 saturated heterocycles. The van der Waals surface area contributed by atoms with Crippen LogP contribution in [0.2, 0.25) is 0 Å². The zero-order valence-electron chi connectivity index (χ0n) is 12.8. The second-order valence-corrected chi connectivity index (χ2v) is 6.32. The summed E-state index contributed by atoms with van der Waals surface area (Å²) < 4.78 is 5.38. The molecule has 0 bridgehead atoms. The first-order valence-corrected chi connectivity index (χ1v) is 7.23. The summed E-state index contributed by atoms with van der Waals surface area (Å²) in [4.78, 5) is 18.1. The number of pyridine rings is 1. The lowest BCUT2D eigenvalue weighted by Crippen LogP contribution is -2.41. The summed E-state index contributed by atoms with van der Waals surface area (Å²) in [5.74, 6) is 0.303. The van der Waals surface area contributed by atoms with Gasteiger partial charge >= 0.3 is 6.09 Å². The van der Waals surface area contributed by atoms with Crippen LogP contribution in [0.15, 0.2) is 18.3 Å². The molecular formula is C16H21N3O2. The Bertz CT molecular complexity index is 549. The van der Waals surface area contributed by atoms with Gasteiger partial charge in [-0.2, -0.15) is 5.26 Å². The highest BCUT2D eigenvalue weighted by atomic mass is 16.6. The Morgan fingerprint density at radius 3 is 2.67 bits per heavy atom. The van der Waals surface area contributed by atoms with Gasteiger partial charge in [0, 0.05) is 30.9 Å². The van der Waals surface area contributed by atoms with Crippen LogP contribution in [0.1, 0.15) is 50.8 Å². The lowest BCUT2D eigenvalue weighted by molar-refractivity contribution is 0.0204. The van der Waals surface area contributed by atoms with Crippen LogP contribution in [0, 0.1) is 11.3 Å². The maximum Gasteiger partial charge on any atom is 0.410 e. The summed E-state index contributed by atoms with van der Waals surface area (Å²) >= 11 is 0. The van der Waals surface area contributed by atoms with E-state index < -0.39 is 5.60 Å². The molecular weight excluding hydrogens is 266 g/mol. The Balaban J connectivity index is 1.94. The molecule has 5 nitrogen and oxygen atoms in total. The Hall–Kier alpha value is -2.09. The minimum absolute atomic E-state index is 0.250. The summed E-state index contributed by atoms with van der Waals surface area (Å²) in [6, 6.07) is 5.68. The maximum absolute atomic E-state index is 12.0. The monoisotopic (exact) mass is 287 g/mol. The number of ether oxygens (including phenoxy) is 1. The highest BCUT2D eigenvalue weighted by Crippen LogP contribution is 2.27. The summed E-state index contributed by atoms with van der Waals surface area (Å²) in [6.07, 6.45) is 3.12. The smallest absolute Gasteiger partial charge is 0.410 e. The molecule has 21 heavy (non-hydrogen) atoms. The Morgan fingerprint density at radius 1 is 1.43 bits per heavy atom. The topological polar surface area (TPSA) is 66.2 Å². The highest BCUT2D eigenvalue weighted by Gasteiger charge is 2.27. The number of hydrogen-bond acceptors (Lipinski definition) is 4. The number of carbonyl (C=O) groups is 1. The zero-order chi connectivity index (χ0) is 15.5. The minimum Gasteiger partial charge on any atom is -0.444 e. The highest BCUT2D eigenvalue weighted by molar-refractivity contribution is 5.68. The maximum atomic E-state index is 12.0. The molecule has 0 unspecified atom stereocenters. The number of nitrogens with zero attached hydrogens (tertiary/aromatic N) is 3. The zero-order valence-corrected chi connectivity index (χ0v) is 12.8. The van der Waals surface area contributed by atoms with Gasteiger partial charge in [0.15, 0.2) is 0 Å². The third kappa shape index (κ3) is 4.19. The van der Waals surface area contributed by atoms with E-state index >= 15 is 0 Å². The van der Waals surface area contributed by atoms with Crippen LogP contribution >= 0.6 is 0 Å². The molecule has 2 heterocycles. The average Bonchev–Trinajstić information content (AvgIpc) is 2.46. The van der Waals surface area contributed by atoms with E-state index in [4.69, 9.17) is 10.00 Å². The van der Waals surface area contributed by atoms with Gasteiger partial charge in [0.1, 0.15) is 5.60 Å². The first-order chi connectivity index (χ1) is 9.89. The molecule has 1 aliphatic heterocycles. The fraction of sp³-hybridized carbons (Fsp3) is 0.562. The Kier molecular flexibility index (Phi) is 4.46. The number of carbonyl (C=O) groups excluding carboxylic acids is 1. The van der Waals surface area contributed by atoms with Crippen molar-refractivity contribution in [2.24, 2.45) is 0 Å². The van der Waals surface area contributed by atoms with E-state index in [1.807, 2.05) is 26.8 Å². The Labute approximate surface area is 125 Å². The van der Waals surface area contributed by atoms with E-state index in [-0.39, 0.29) is 6.09 Å². The molecule has 1 aromatic rings. The van der Waals surface area contributed by atoms with Gasteiger partial charge in [-0.3, -0.25) is 4.98 Å². The van der Waals surface area contributed by atoms with Crippen molar-refractivity contribution in [3.63, 3.8) is 0 Å². The van der Waals surface area contributed by atoms with E-state index in [0.717, 1.165) is 18.5 Å². The van der Waals surface area contributed by atoms with Gasteiger partial charge in [0.25, 0.3) is 0 Å². The molecule has 0 N–H and O–H groups in total. The van der Waals surface area contributed by atoms with Gasteiger partial charge in [-0.1, -0.05) is 0 Å². The van der Waals surface area contributed by atoms with Crippen molar-refractivity contribution >= 4 is 6.09 Å². The Morgan fingerprint density at radius 2 is 2.10 bits per heavy atom. The number of rotatable bonds is 1. The number of hydrogen-bond donors (Lipinski definition) is 0. The molecule has 0 spiro atoms. The van der Waals surface area contributed by atoms with E-state index in [1.54, 1.807) is 17.2 Å². The summed E-state index contributed by atoms with van der Waals surface area (Å²) in [5, 5.41) is 8.94. The van der Waals surface area contributed by atoms with Crippen LogP contribution < -0.4 is 0 Å². The van der Waals surface area contributed by atoms with Crippen LogP contribution in [0.5, 0.6) is 0 Å². The summed E-state index contributed by atoms with van der Waals surface area (Å²) in [6.45, 7) is 6.94. The number of piperidine rings is 1. The van der Waals surface area contributed by atoms with E-state index in [0.29, 0.717) is 24.6 Å². The number of nitriles is 1. The predicted molar refractivity (Wildman–Crippen MR) is 78.7 cm³/mol. The molecule has 0 aromatic carbocycles. The summed E-state index contributed by atoms with van der Waals surface area (Å²) in [7, 11) is 0. The average molecular weight is 287 g/mol. The SMILES string of the molecule is CC(C)(C)OC(=O)N1CCC(c2cc(C#N)ccn2)CC1. The minimum atomic E-state index is -0.462. The van der Waals surface area contributed by atoms with Crippen molar-refractivity contribution in [2.75, 3.05) is 13.1 Å². The summed E-state index contributed by atoms with van der Waals surface area (Å²) in [5.41, 5.74) is 1.11. The second-order valence-electron chi connectivity index (χ2n) is 6.32. The van der Waals surface area contributed by atoms with Crippen molar-refractivity contribution in [1.29, 1.82) is 5.26 Å². The van der Waals surface area contributed by atoms with E-state index in [1.165, 1.54) is 0 Å². The molecule has 2 rings (SSSR count). The molecule has 112 valence electrons. The van der Waals surface area contributed by atoms with Gasteiger partial charge < -0.3 is 9.64 Å².